The first-order chi connectivity index (χ1) is 13.5. The Morgan fingerprint density at radius 1 is 1.00 bits per heavy atom. The zero-order valence-corrected chi connectivity index (χ0v) is 15.1. The lowest BCUT2D eigenvalue weighted by molar-refractivity contribution is -0.152. The number of carbonyl (C=O) groups excluding carboxylic acids is 2. The summed E-state index contributed by atoms with van der Waals surface area (Å²) in [6, 6.07) is 13.2. The van der Waals surface area contributed by atoms with E-state index >= 15 is 0 Å². The topological polar surface area (TPSA) is 77.8 Å². The number of Topliss-reactive ketones (excluding diaryl/α,β-unsaturated/α-hetero) is 1. The number of aliphatic hydroxyl groups excluding tert-OH is 2. The van der Waals surface area contributed by atoms with Gasteiger partial charge in [0, 0.05) is 31.5 Å². The number of benzene rings is 2. The van der Waals surface area contributed by atoms with Crippen LogP contribution in [-0.2, 0) is 22.7 Å². The van der Waals surface area contributed by atoms with E-state index in [1.54, 1.807) is 0 Å². The zero-order valence-electron chi connectivity index (χ0n) is 15.1. The number of hydrogen-bond donors (Lipinski definition) is 2. The van der Waals surface area contributed by atoms with Crippen molar-refractivity contribution in [3.8, 4) is 11.8 Å². The number of nitrogens with zero attached hydrogens (tertiary/aromatic N) is 1. The number of ketones is 1. The Labute approximate surface area is 162 Å². The number of carbonyl (C=O) groups is 2. The molecule has 1 aliphatic rings. The highest BCUT2D eigenvalue weighted by atomic mass is 19.1. The van der Waals surface area contributed by atoms with Crippen LogP contribution in [0.25, 0.3) is 0 Å². The zero-order chi connectivity index (χ0) is 20.1. The molecule has 0 fully saturated rings. The lowest BCUT2D eigenvalue weighted by atomic mass is 10.0. The fourth-order valence-corrected chi connectivity index (χ4v) is 3.02. The minimum atomic E-state index is -1.80. The van der Waals surface area contributed by atoms with Crippen molar-refractivity contribution in [2.24, 2.45) is 0 Å². The number of fused-ring (bicyclic) bond motifs is 1. The molecule has 2 N–H and O–H groups in total. The van der Waals surface area contributed by atoms with Gasteiger partial charge in [-0.3, -0.25) is 9.59 Å². The van der Waals surface area contributed by atoms with E-state index < -0.39 is 23.9 Å². The summed E-state index contributed by atoms with van der Waals surface area (Å²) < 4.78 is 12.8. The van der Waals surface area contributed by atoms with Gasteiger partial charge in [-0.05, 0) is 35.4 Å². The van der Waals surface area contributed by atoms with Crippen LogP contribution < -0.4 is 0 Å². The van der Waals surface area contributed by atoms with Crippen LogP contribution in [0.5, 0.6) is 0 Å². The van der Waals surface area contributed by atoms with Crippen molar-refractivity contribution in [3.05, 3.63) is 71.0 Å². The predicted octanol–water partition coefficient (Wildman–Crippen LogP) is 1.79. The molecule has 0 saturated heterocycles. The van der Waals surface area contributed by atoms with E-state index in [0.717, 1.165) is 11.1 Å². The molecular weight excluding hydrogens is 361 g/mol. The maximum absolute atomic E-state index is 12.8. The first kappa shape index (κ1) is 19.7. The largest absolute Gasteiger partial charge is 0.382 e. The summed E-state index contributed by atoms with van der Waals surface area (Å²) in [5.74, 6) is 3.87. The number of aliphatic hydroxyl groups is 2. The van der Waals surface area contributed by atoms with E-state index in [2.05, 4.69) is 11.8 Å². The van der Waals surface area contributed by atoms with E-state index in [1.807, 2.05) is 24.3 Å². The molecule has 0 aromatic heterocycles. The molecule has 28 heavy (non-hydrogen) atoms. The van der Waals surface area contributed by atoms with Crippen molar-refractivity contribution >= 4 is 11.7 Å². The molecule has 1 heterocycles. The molecule has 2 aromatic rings. The van der Waals surface area contributed by atoms with Gasteiger partial charge < -0.3 is 15.1 Å². The minimum absolute atomic E-state index is 0.0973. The van der Waals surface area contributed by atoms with E-state index in [4.69, 9.17) is 0 Å². The summed E-state index contributed by atoms with van der Waals surface area (Å²) in [5.41, 5.74) is 2.58. The van der Waals surface area contributed by atoms with Crippen molar-refractivity contribution in [1.82, 2.24) is 4.90 Å². The number of halogens is 1. The van der Waals surface area contributed by atoms with Crippen LogP contribution in [-0.4, -0.2) is 39.0 Å². The van der Waals surface area contributed by atoms with Gasteiger partial charge in [-0.2, -0.15) is 0 Å². The first-order valence-corrected chi connectivity index (χ1v) is 8.94. The van der Waals surface area contributed by atoms with Gasteiger partial charge in [0.1, 0.15) is 11.9 Å². The molecule has 3 rings (SSSR count). The molecule has 1 aliphatic heterocycles. The quantitative estimate of drug-likeness (QED) is 0.774. The van der Waals surface area contributed by atoms with Gasteiger partial charge in [-0.15, -0.1) is 0 Å². The third-order valence-electron chi connectivity index (χ3n) is 4.61. The van der Waals surface area contributed by atoms with Crippen molar-refractivity contribution in [3.63, 3.8) is 0 Å². The van der Waals surface area contributed by atoms with Gasteiger partial charge in [0.05, 0.1) is 0 Å². The van der Waals surface area contributed by atoms with Gasteiger partial charge in [-0.1, -0.05) is 36.1 Å². The van der Waals surface area contributed by atoms with Crippen molar-refractivity contribution in [2.45, 2.75) is 38.1 Å². The molecule has 0 radical (unpaired) electrons. The lowest BCUT2D eigenvalue weighted by Crippen LogP contribution is -2.46. The molecule has 2 aromatic carbocycles. The number of rotatable bonds is 5. The highest BCUT2D eigenvalue weighted by Crippen LogP contribution is 2.23. The highest BCUT2D eigenvalue weighted by molar-refractivity contribution is 5.92. The van der Waals surface area contributed by atoms with Gasteiger partial charge in [-0.25, -0.2) is 4.39 Å². The summed E-state index contributed by atoms with van der Waals surface area (Å²) in [6.45, 7) is 0.687. The molecule has 5 nitrogen and oxygen atoms in total. The van der Waals surface area contributed by atoms with E-state index in [0.29, 0.717) is 18.7 Å². The van der Waals surface area contributed by atoms with Gasteiger partial charge in [0.25, 0.3) is 5.91 Å². The van der Waals surface area contributed by atoms with Gasteiger partial charge >= 0.3 is 0 Å². The van der Waals surface area contributed by atoms with Crippen molar-refractivity contribution in [1.29, 1.82) is 0 Å². The van der Waals surface area contributed by atoms with Crippen LogP contribution >= 0.6 is 0 Å². The molecule has 0 saturated carbocycles. The van der Waals surface area contributed by atoms with Gasteiger partial charge in [0.2, 0.25) is 0 Å². The lowest BCUT2D eigenvalue weighted by Gasteiger charge is -2.22. The molecule has 0 unspecified atom stereocenters. The molecular formula is C22H20FNO4. The Morgan fingerprint density at radius 3 is 2.21 bits per heavy atom. The smallest absolute Gasteiger partial charge is 0.255 e. The Morgan fingerprint density at radius 2 is 1.61 bits per heavy atom. The van der Waals surface area contributed by atoms with Crippen molar-refractivity contribution < 1.29 is 24.2 Å². The monoisotopic (exact) mass is 381 g/mol. The third-order valence-corrected chi connectivity index (χ3v) is 4.61. The molecule has 0 spiro atoms. The Hall–Kier alpha value is -3.01. The Balaban J connectivity index is 1.50. The van der Waals surface area contributed by atoms with Gasteiger partial charge in [0.15, 0.2) is 11.9 Å². The maximum atomic E-state index is 12.8. The van der Waals surface area contributed by atoms with Crippen LogP contribution in [0.3, 0.4) is 0 Å². The van der Waals surface area contributed by atoms with Crippen molar-refractivity contribution in [2.75, 3.05) is 0 Å². The molecule has 0 bridgehead atoms. The third kappa shape index (κ3) is 4.63. The standard InChI is InChI=1S/C22H20FNO4/c23-18-11-9-15(10-12-18)5-1-4-8-19(25)20(26)21(27)22(28)24-13-16-6-2-3-7-17(16)14-24/h2-3,6-7,9-12,20-21,26-27H,4,8,13-14H2/t20-,21+/m0/s1. The fourth-order valence-electron chi connectivity index (χ4n) is 3.02. The highest BCUT2D eigenvalue weighted by Gasteiger charge is 2.34. The summed E-state index contributed by atoms with van der Waals surface area (Å²) in [4.78, 5) is 25.9. The minimum Gasteiger partial charge on any atom is -0.382 e. The van der Waals surface area contributed by atoms with Crippen LogP contribution in [0.4, 0.5) is 4.39 Å². The van der Waals surface area contributed by atoms with Crippen LogP contribution in [0.1, 0.15) is 29.5 Å². The fraction of sp³-hybridized carbons (Fsp3) is 0.273. The first-order valence-electron chi connectivity index (χ1n) is 8.94. The number of amides is 1. The Bertz CT molecular complexity index is 905. The average Bonchev–Trinajstić information content (AvgIpc) is 3.15. The summed E-state index contributed by atoms with van der Waals surface area (Å²) in [7, 11) is 0. The van der Waals surface area contributed by atoms with Crippen LogP contribution in [0, 0.1) is 17.7 Å². The molecule has 0 aliphatic carbocycles. The van der Waals surface area contributed by atoms with Crippen LogP contribution in [0.2, 0.25) is 0 Å². The van der Waals surface area contributed by atoms with E-state index in [-0.39, 0.29) is 18.7 Å². The normalized spacial score (nSPS) is 14.6. The molecule has 144 valence electrons. The summed E-state index contributed by atoms with van der Waals surface area (Å²) in [6.07, 6.45) is -3.53. The van der Waals surface area contributed by atoms with Crippen LogP contribution in [0.15, 0.2) is 48.5 Å². The number of hydrogen-bond acceptors (Lipinski definition) is 4. The Kier molecular flexibility index (Phi) is 6.19. The summed E-state index contributed by atoms with van der Waals surface area (Å²) >= 11 is 0. The summed E-state index contributed by atoms with van der Waals surface area (Å²) in [5, 5.41) is 20.2. The SMILES string of the molecule is O=C(CCC#Cc1ccc(F)cc1)[C@H](O)[C@@H](O)C(=O)N1Cc2ccccc2C1. The predicted molar refractivity (Wildman–Crippen MR) is 100 cm³/mol. The average molecular weight is 381 g/mol. The second kappa shape index (κ2) is 8.79. The second-order valence-corrected chi connectivity index (χ2v) is 6.63. The van der Waals surface area contributed by atoms with E-state index in [1.165, 1.54) is 29.2 Å². The molecule has 6 heteroatoms. The van der Waals surface area contributed by atoms with E-state index in [9.17, 15) is 24.2 Å². The second-order valence-electron chi connectivity index (χ2n) is 6.63. The maximum Gasteiger partial charge on any atom is 0.255 e. The molecule has 2 atom stereocenters. The molecule has 1 amide bonds.